The topological polar surface area (TPSA) is 41.0 Å². The van der Waals surface area contributed by atoms with Crippen LogP contribution in [0.1, 0.15) is 24.4 Å². The molecule has 0 radical (unpaired) electrons. The van der Waals surface area contributed by atoms with Crippen LogP contribution in [0.5, 0.6) is 0 Å². The number of H-pyrrole nitrogens is 1. The van der Waals surface area contributed by atoms with Gasteiger partial charge in [0.2, 0.25) is 0 Å². The predicted molar refractivity (Wildman–Crippen MR) is 105 cm³/mol. The molecule has 0 aliphatic carbocycles. The molecule has 26 heavy (non-hydrogen) atoms. The summed E-state index contributed by atoms with van der Waals surface area (Å²) in [6.45, 7) is 2.22. The highest BCUT2D eigenvalue weighted by Crippen LogP contribution is 2.28. The summed E-state index contributed by atoms with van der Waals surface area (Å²) in [5.41, 5.74) is 2.12. The van der Waals surface area contributed by atoms with Gasteiger partial charge in [0.1, 0.15) is 5.82 Å². The van der Waals surface area contributed by atoms with Gasteiger partial charge in [-0.2, -0.15) is 0 Å². The van der Waals surface area contributed by atoms with Gasteiger partial charge in [-0.25, -0.2) is 9.18 Å². The number of halogens is 3. The van der Waals surface area contributed by atoms with E-state index in [0.29, 0.717) is 22.6 Å². The lowest BCUT2D eigenvalue weighted by Crippen LogP contribution is -2.36. The van der Waals surface area contributed by atoms with Gasteiger partial charge in [-0.1, -0.05) is 39.7 Å². The number of likely N-dealkylation sites (tertiary alicyclic amines) is 1. The van der Waals surface area contributed by atoms with Crippen molar-refractivity contribution in [2.75, 3.05) is 13.1 Å². The van der Waals surface area contributed by atoms with Crippen molar-refractivity contribution in [2.24, 2.45) is 0 Å². The van der Waals surface area contributed by atoms with E-state index in [1.54, 1.807) is 6.07 Å². The Labute approximate surface area is 163 Å². The summed E-state index contributed by atoms with van der Waals surface area (Å²) in [6, 6.07) is 10.9. The second-order valence-corrected chi connectivity index (χ2v) is 8.00. The number of aromatic nitrogens is 2. The van der Waals surface area contributed by atoms with Crippen molar-refractivity contribution in [1.29, 1.82) is 0 Å². The molecule has 1 N–H and O–H groups in total. The molecule has 0 spiro atoms. The number of para-hydroxylation sites is 1. The van der Waals surface area contributed by atoms with Gasteiger partial charge < -0.3 is 4.98 Å². The molecular formula is C19H18BrClFN3O. The Hall–Kier alpha value is -1.63. The number of aromatic amines is 1. The summed E-state index contributed by atoms with van der Waals surface area (Å²) < 4.78 is 16.6. The van der Waals surface area contributed by atoms with Crippen LogP contribution in [0, 0.1) is 5.82 Å². The minimum atomic E-state index is -0.191. The minimum Gasteiger partial charge on any atom is -0.304 e. The molecule has 2 aromatic carbocycles. The van der Waals surface area contributed by atoms with Crippen molar-refractivity contribution in [1.82, 2.24) is 14.5 Å². The van der Waals surface area contributed by atoms with Gasteiger partial charge in [-0.05, 0) is 37.1 Å². The van der Waals surface area contributed by atoms with E-state index in [1.165, 1.54) is 6.07 Å². The summed E-state index contributed by atoms with van der Waals surface area (Å²) in [6.07, 6.45) is 1.69. The first-order valence-corrected chi connectivity index (χ1v) is 9.75. The summed E-state index contributed by atoms with van der Waals surface area (Å²) in [5, 5.41) is 0.557. The van der Waals surface area contributed by atoms with Crippen LogP contribution in [-0.2, 0) is 6.54 Å². The summed E-state index contributed by atoms with van der Waals surface area (Å²) in [7, 11) is 0. The van der Waals surface area contributed by atoms with Crippen LogP contribution in [0.4, 0.5) is 4.39 Å². The highest BCUT2D eigenvalue weighted by molar-refractivity contribution is 9.10. The van der Waals surface area contributed by atoms with Gasteiger partial charge in [0.25, 0.3) is 0 Å². The maximum Gasteiger partial charge on any atom is 0.326 e. The molecular weight excluding hydrogens is 421 g/mol. The fourth-order valence-electron chi connectivity index (χ4n) is 3.70. The molecule has 0 unspecified atom stereocenters. The Balaban J connectivity index is 1.50. The monoisotopic (exact) mass is 437 g/mol. The number of benzene rings is 2. The van der Waals surface area contributed by atoms with Crippen molar-refractivity contribution in [2.45, 2.75) is 25.4 Å². The molecule has 1 saturated heterocycles. The third kappa shape index (κ3) is 3.33. The minimum absolute atomic E-state index is 0.120. The molecule has 0 amide bonds. The molecule has 0 atom stereocenters. The van der Waals surface area contributed by atoms with E-state index in [0.717, 1.165) is 35.9 Å². The highest BCUT2D eigenvalue weighted by atomic mass is 79.9. The molecule has 136 valence electrons. The van der Waals surface area contributed by atoms with Gasteiger partial charge in [-0.15, -0.1) is 0 Å². The molecule has 1 aliphatic heterocycles. The molecule has 4 rings (SSSR count). The number of nitrogens with one attached hydrogen (secondary N) is 1. The quantitative estimate of drug-likeness (QED) is 0.643. The normalized spacial score (nSPS) is 16.4. The second kappa shape index (κ2) is 7.18. The predicted octanol–water partition coefficient (Wildman–Crippen LogP) is 4.72. The third-order valence-corrected chi connectivity index (χ3v) is 5.84. The van der Waals surface area contributed by atoms with Gasteiger partial charge in [0, 0.05) is 35.7 Å². The van der Waals surface area contributed by atoms with E-state index in [1.807, 2.05) is 28.8 Å². The first-order chi connectivity index (χ1) is 12.5. The molecule has 1 fully saturated rings. The largest absolute Gasteiger partial charge is 0.326 e. The maximum absolute atomic E-state index is 14.1. The van der Waals surface area contributed by atoms with Crippen LogP contribution in [0.2, 0.25) is 5.02 Å². The Morgan fingerprint density at radius 1 is 1.23 bits per heavy atom. The Kier molecular flexibility index (Phi) is 4.90. The van der Waals surface area contributed by atoms with E-state index in [-0.39, 0.29) is 17.5 Å². The van der Waals surface area contributed by atoms with E-state index >= 15 is 0 Å². The SMILES string of the molecule is O=c1[nH]c2c(Cl)cccc2n1C1CCN(Cc2ccc(Br)cc2F)CC1. The maximum atomic E-state index is 14.1. The Morgan fingerprint density at radius 3 is 2.73 bits per heavy atom. The molecule has 4 nitrogen and oxygen atoms in total. The van der Waals surface area contributed by atoms with E-state index in [2.05, 4.69) is 25.8 Å². The zero-order valence-corrected chi connectivity index (χ0v) is 16.4. The first kappa shape index (κ1) is 17.8. The highest BCUT2D eigenvalue weighted by Gasteiger charge is 2.24. The molecule has 0 bridgehead atoms. The standard InChI is InChI=1S/C19H18BrClFN3O/c20-13-5-4-12(16(22)10-13)11-24-8-6-14(7-9-24)25-17-3-1-2-15(21)18(17)23-19(25)26/h1-5,10,14H,6-9,11H2,(H,23,26). The van der Waals surface area contributed by atoms with E-state index in [4.69, 9.17) is 11.6 Å². The first-order valence-electron chi connectivity index (χ1n) is 8.58. The number of hydrogen-bond acceptors (Lipinski definition) is 2. The van der Waals surface area contributed by atoms with Gasteiger partial charge in [0.15, 0.2) is 0 Å². The Bertz CT molecular complexity index is 1010. The number of imidazole rings is 1. The van der Waals surface area contributed by atoms with Crippen LogP contribution in [0.25, 0.3) is 11.0 Å². The van der Waals surface area contributed by atoms with Crippen molar-refractivity contribution in [3.8, 4) is 0 Å². The summed E-state index contributed by atoms with van der Waals surface area (Å²) in [4.78, 5) is 17.5. The van der Waals surface area contributed by atoms with E-state index < -0.39 is 0 Å². The molecule has 2 heterocycles. The zero-order chi connectivity index (χ0) is 18.3. The van der Waals surface area contributed by atoms with Crippen molar-refractivity contribution in [3.63, 3.8) is 0 Å². The summed E-state index contributed by atoms with van der Waals surface area (Å²) >= 11 is 9.47. The average molecular weight is 439 g/mol. The number of rotatable bonds is 3. The van der Waals surface area contributed by atoms with Crippen molar-refractivity contribution >= 4 is 38.6 Å². The second-order valence-electron chi connectivity index (χ2n) is 6.68. The van der Waals surface area contributed by atoms with E-state index in [9.17, 15) is 9.18 Å². The lowest BCUT2D eigenvalue weighted by atomic mass is 10.0. The number of fused-ring (bicyclic) bond motifs is 1. The average Bonchev–Trinajstić information content (AvgIpc) is 2.96. The molecule has 1 aromatic heterocycles. The van der Waals surface area contributed by atoms with Crippen LogP contribution in [0.15, 0.2) is 45.7 Å². The smallest absolute Gasteiger partial charge is 0.304 e. The lowest BCUT2D eigenvalue weighted by molar-refractivity contribution is 0.178. The number of nitrogens with zero attached hydrogens (tertiary/aromatic N) is 2. The van der Waals surface area contributed by atoms with Crippen molar-refractivity contribution in [3.05, 3.63) is 67.8 Å². The molecule has 3 aromatic rings. The zero-order valence-electron chi connectivity index (χ0n) is 14.0. The number of hydrogen-bond donors (Lipinski definition) is 1. The number of piperidine rings is 1. The Morgan fingerprint density at radius 2 is 2.00 bits per heavy atom. The van der Waals surface area contributed by atoms with Crippen LogP contribution in [-0.4, -0.2) is 27.5 Å². The van der Waals surface area contributed by atoms with Crippen LogP contribution < -0.4 is 5.69 Å². The van der Waals surface area contributed by atoms with Gasteiger partial charge in [-0.3, -0.25) is 9.47 Å². The molecule has 0 saturated carbocycles. The summed E-state index contributed by atoms with van der Waals surface area (Å²) in [5.74, 6) is -0.191. The van der Waals surface area contributed by atoms with Crippen LogP contribution >= 0.6 is 27.5 Å². The fraction of sp³-hybridized carbons (Fsp3) is 0.316. The van der Waals surface area contributed by atoms with Gasteiger partial charge in [0.05, 0.1) is 16.1 Å². The third-order valence-electron chi connectivity index (χ3n) is 5.03. The van der Waals surface area contributed by atoms with Crippen molar-refractivity contribution < 1.29 is 4.39 Å². The molecule has 1 aliphatic rings. The van der Waals surface area contributed by atoms with Gasteiger partial charge >= 0.3 is 5.69 Å². The van der Waals surface area contributed by atoms with Crippen LogP contribution in [0.3, 0.4) is 0 Å². The molecule has 7 heteroatoms. The fourth-order valence-corrected chi connectivity index (χ4v) is 4.25. The lowest BCUT2D eigenvalue weighted by Gasteiger charge is -2.32.